The molecule has 0 radical (unpaired) electrons. The van der Waals surface area contributed by atoms with Gasteiger partial charge in [-0.25, -0.2) is 4.39 Å². The molecule has 0 bridgehead atoms. The molecule has 2 heterocycles. The highest BCUT2D eigenvalue weighted by molar-refractivity contribution is 5.94. The number of benzene rings is 1. The Morgan fingerprint density at radius 2 is 2.38 bits per heavy atom. The standard InChI is InChI=1S/C16H20FNO3/c1-11-3-4-12(5-14(11)17)15(19)18-6-13-7-21-10-16(13,8-18)9-20-2/h3-5,13H,6-10H2,1-2H3/t13-,16-/m1/s1. The summed E-state index contributed by atoms with van der Waals surface area (Å²) in [5.41, 5.74) is 0.855. The minimum Gasteiger partial charge on any atom is -0.384 e. The van der Waals surface area contributed by atoms with Crippen LogP contribution in [0.25, 0.3) is 0 Å². The summed E-state index contributed by atoms with van der Waals surface area (Å²) < 4.78 is 24.5. The number of nitrogens with zero attached hydrogens (tertiary/aromatic N) is 1. The third-order valence-corrected chi connectivity index (χ3v) is 4.66. The number of likely N-dealkylation sites (tertiary alicyclic amines) is 1. The first-order chi connectivity index (χ1) is 10.1. The molecule has 114 valence electrons. The Labute approximate surface area is 123 Å². The van der Waals surface area contributed by atoms with Crippen molar-refractivity contribution in [2.24, 2.45) is 11.3 Å². The molecule has 21 heavy (non-hydrogen) atoms. The quantitative estimate of drug-likeness (QED) is 0.854. The third-order valence-electron chi connectivity index (χ3n) is 4.66. The van der Waals surface area contributed by atoms with Crippen LogP contribution in [0.3, 0.4) is 0 Å². The molecule has 1 aromatic carbocycles. The number of halogens is 1. The second-order valence-corrected chi connectivity index (χ2v) is 6.16. The maximum atomic E-state index is 13.6. The van der Waals surface area contributed by atoms with Gasteiger partial charge in [0.25, 0.3) is 5.91 Å². The average Bonchev–Trinajstić information content (AvgIpc) is 2.98. The first kappa shape index (κ1) is 14.5. The molecule has 0 aromatic heterocycles. The molecular formula is C16H20FNO3. The predicted molar refractivity (Wildman–Crippen MR) is 75.7 cm³/mol. The molecule has 2 atom stereocenters. The van der Waals surface area contributed by atoms with Crippen LogP contribution in [0.15, 0.2) is 18.2 Å². The summed E-state index contributed by atoms with van der Waals surface area (Å²) in [7, 11) is 1.67. The molecule has 0 aliphatic carbocycles. The molecule has 0 N–H and O–H groups in total. The van der Waals surface area contributed by atoms with Crippen molar-refractivity contribution in [1.29, 1.82) is 0 Å². The van der Waals surface area contributed by atoms with Crippen molar-refractivity contribution in [2.45, 2.75) is 6.92 Å². The van der Waals surface area contributed by atoms with Gasteiger partial charge in [-0.3, -0.25) is 4.79 Å². The monoisotopic (exact) mass is 293 g/mol. The number of hydrogen-bond acceptors (Lipinski definition) is 3. The average molecular weight is 293 g/mol. The Morgan fingerprint density at radius 1 is 1.57 bits per heavy atom. The van der Waals surface area contributed by atoms with Gasteiger partial charge in [0.1, 0.15) is 5.82 Å². The molecule has 4 nitrogen and oxygen atoms in total. The van der Waals surface area contributed by atoms with Gasteiger partial charge in [0.15, 0.2) is 0 Å². The van der Waals surface area contributed by atoms with Crippen molar-refractivity contribution in [2.75, 3.05) is 40.0 Å². The second kappa shape index (κ2) is 5.39. The molecule has 5 heteroatoms. The van der Waals surface area contributed by atoms with Gasteiger partial charge in [-0.15, -0.1) is 0 Å². The van der Waals surface area contributed by atoms with Gasteiger partial charge in [0.2, 0.25) is 0 Å². The van der Waals surface area contributed by atoms with Gasteiger partial charge < -0.3 is 14.4 Å². The molecule has 2 aliphatic heterocycles. The minimum atomic E-state index is -0.338. The van der Waals surface area contributed by atoms with Crippen LogP contribution in [0.1, 0.15) is 15.9 Å². The number of fused-ring (bicyclic) bond motifs is 1. The van der Waals surface area contributed by atoms with E-state index in [0.29, 0.717) is 50.0 Å². The summed E-state index contributed by atoms with van der Waals surface area (Å²) in [5.74, 6) is -0.148. The Hall–Kier alpha value is -1.46. The van der Waals surface area contributed by atoms with Crippen LogP contribution in [-0.2, 0) is 9.47 Å². The number of hydrogen-bond donors (Lipinski definition) is 0. The first-order valence-electron chi connectivity index (χ1n) is 7.18. The van der Waals surface area contributed by atoms with Crippen molar-refractivity contribution < 1.29 is 18.7 Å². The summed E-state index contributed by atoms with van der Waals surface area (Å²) in [5, 5.41) is 0. The molecule has 2 aliphatic rings. The molecule has 1 aromatic rings. The molecular weight excluding hydrogens is 273 g/mol. The smallest absolute Gasteiger partial charge is 0.253 e. The van der Waals surface area contributed by atoms with E-state index in [9.17, 15) is 9.18 Å². The fraction of sp³-hybridized carbons (Fsp3) is 0.562. The van der Waals surface area contributed by atoms with Crippen LogP contribution in [-0.4, -0.2) is 50.8 Å². The molecule has 0 spiro atoms. The van der Waals surface area contributed by atoms with E-state index >= 15 is 0 Å². The van der Waals surface area contributed by atoms with Crippen molar-refractivity contribution in [3.63, 3.8) is 0 Å². The lowest BCUT2D eigenvalue weighted by Gasteiger charge is -2.26. The van der Waals surface area contributed by atoms with Crippen LogP contribution in [0.4, 0.5) is 4.39 Å². The summed E-state index contributed by atoms with van der Waals surface area (Å²) in [6, 6.07) is 4.66. The Kier molecular flexibility index (Phi) is 3.71. The number of aryl methyl sites for hydroxylation is 1. The molecule has 3 rings (SSSR count). The molecule has 1 amide bonds. The highest BCUT2D eigenvalue weighted by atomic mass is 19.1. The number of rotatable bonds is 3. The van der Waals surface area contributed by atoms with Crippen molar-refractivity contribution in [3.05, 3.63) is 35.1 Å². The fourth-order valence-corrected chi connectivity index (χ4v) is 3.39. The molecule has 0 saturated carbocycles. The number of carbonyl (C=O) groups is 1. The summed E-state index contributed by atoms with van der Waals surface area (Å²) in [4.78, 5) is 14.4. The summed E-state index contributed by atoms with van der Waals surface area (Å²) in [6.07, 6.45) is 0. The topological polar surface area (TPSA) is 38.8 Å². The first-order valence-corrected chi connectivity index (χ1v) is 7.18. The number of ether oxygens (including phenoxy) is 2. The van der Waals surface area contributed by atoms with E-state index in [1.54, 1.807) is 31.1 Å². The SMILES string of the molecule is COC[C@]12COC[C@H]1CN(C(=O)c1ccc(C)c(F)c1)C2. The summed E-state index contributed by atoms with van der Waals surface area (Å²) >= 11 is 0. The Balaban J connectivity index is 1.79. The lowest BCUT2D eigenvalue weighted by molar-refractivity contribution is 0.0489. The maximum absolute atomic E-state index is 13.6. The van der Waals surface area contributed by atoms with E-state index in [-0.39, 0.29) is 17.1 Å². The van der Waals surface area contributed by atoms with Crippen molar-refractivity contribution in [3.8, 4) is 0 Å². The zero-order valence-corrected chi connectivity index (χ0v) is 12.4. The largest absolute Gasteiger partial charge is 0.384 e. The minimum absolute atomic E-state index is 0.104. The van der Waals surface area contributed by atoms with Gasteiger partial charge in [-0.2, -0.15) is 0 Å². The van der Waals surface area contributed by atoms with E-state index in [0.717, 1.165) is 0 Å². The number of carbonyl (C=O) groups excluding carboxylic acids is 1. The van der Waals surface area contributed by atoms with Crippen LogP contribution in [0.2, 0.25) is 0 Å². The molecule has 0 unspecified atom stereocenters. The zero-order valence-electron chi connectivity index (χ0n) is 12.4. The van der Waals surface area contributed by atoms with E-state index in [2.05, 4.69) is 0 Å². The highest BCUT2D eigenvalue weighted by Gasteiger charge is 2.51. The normalized spacial score (nSPS) is 28.0. The zero-order chi connectivity index (χ0) is 15.0. The third kappa shape index (κ3) is 2.45. The van der Waals surface area contributed by atoms with Crippen LogP contribution >= 0.6 is 0 Å². The van der Waals surface area contributed by atoms with Crippen LogP contribution < -0.4 is 0 Å². The van der Waals surface area contributed by atoms with E-state index in [1.165, 1.54) is 6.07 Å². The van der Waals surface area contributed by atoms with Gasteiger partial charge in [0, 0.05) is 37.1 Å². The second-order valence-electron chi connectivity index (χ2n) is 6.16. The van der Waals surface area contributed by atoms with E-state index < -0.39 is 0 Å². The van der Waals surface area contributed by atoms with Gasteiger partial charge >= 0.3 is 0 Å². The maximum Gasteiger partial charge on any atom is 0.253 e. The lowest BCUT2D eigenvalue weighted by Crippen LogP contribution is -2.37. The van der Waals surface area contributed by atoms with E-state index in [1.807, 2.05) is 0 Å². The van der Waals surface area contributed by atoms with Gasteiger partial charge in [-0.1, -0.05) is 6.07 Å². The van der Waals surface area contributed by atoms with E-state index in [4.69, 9.17) is 9.47 Å². The van der Waals surface area contributed by atoms with Crippen molar-refractivity contribution in [1.82, 2.24) is 4.90 Å². The van der Waals surface area contributed by atoms with Crippen LogP contribution in [0, 0.1) is 24.1 Å². The fourth-order valence-electron chi connectivity index (χ4n) is 3.39. The van der Waals surface area contributed by atoms with Gasteiger partial charge in [0.05, 0.1) is 19.8 Å². The Bertz CT molecular complexity index is 562. The Morgan fingerprint density at radius 3 is 3.10 bits per heavy atom. The predicted octanol–water partition coefficient (Wildman–Crippen LogP) is 1.87. The highest BCUT2D eigenvalue weighted by Crippen LogP contribution is 2.41. The van der Waals surface area contributed by atoms with Gasteiger partial charge in [-0.05, 0) is 24.6 Å². The molecule has 2 fully saturated rings. The van der Waals surface area contributed by atoms with Crippen molar-refractivity contribution >= 4 is 5.91 Å². The lowest BCUT2D eigenvalue weighted by atomic mass is 9.82. The summed E-state index contributed by atoms with van der Waals surface area (Å²) in [6.45, 7) is 4.82. The molecule has 2 saturated heterocycles. The van der Waals surface area contributed by atoms with Crippen LogP contribution in [0.5, 0.6) is 0 Å². The number of amides is 1. The number of methoxy groups -OCH3 is 1.